The second-order valence-corrected chi connectivity index (χ2v) is 10.2. The molecule has 0 aliphatic carbocycles. The molecule has 212 valence electrons. The van der Waals surface area contributed by atoms with E-state index in [1.807, 2.05) is 42.3 Å². The summed E-state index contributed by atoms with van der Waals surface area (Å²) in [6, 6.07) is 0. The van der Waals surface area contributed by atoms with E-state index in [4.69, 9.17) is 19.6 Å². The van der Waals surface area contributed by atoms with Crippen molar-refractivity contribution in [2.75, 3.05) is 101 Å². The van der Waals surface area contributed by atoms with E-state index in [2.05, 4.69) is 21.6 Å². The van der Waals surface area contributed by atoms with E-state index in [1.165, 1.54) is 0 Å². The number of nitrogens with zero attached hydrogens (tertiary/aromatic N) is 5. The number of carbonyl (C=O) groups is 2. The SMILES string of the molecule is CCCCN(CCCN(C)C)C(=O)C1COOC(C(=O)N(CCCN(C)C)CCCN(C)C)COO1. The maximum Gasteiger partial charge on any atom is 0.257 e. The number of unbranched alkanes of at least 4 members (excludes halogenated alkanes) is 1. The van der Waals surface area contributed by atoms with Crippen molar-refractivity contribution >= 4 is 11.8 Å². The van der Waals surface area contributed by atoms with Crippen LogP contribution in [0.25, 0.3) is 0 Å². The first-order valence-corrected chi connectivity index (χ1v) is 13.2. The molecule has 0 N–H and O–H groups in total. The third kappa shape index (κ3) is 13.8. The molecule has 1 aliphatic rings. The lowest BCUT2D eigenvalue weighted by atomic mass is 10.2. The molecule has 0 aromatic heterocycles. The van der Waals surface area contributed by atoms with Crippen LogP contribution in [0.4, 0.5) is 0 Å². The van der Waals surface area contributed by atoms with Crippen molar-refractivity contribution < 1.29 is 29.1 Å². The largest absolute Gasteiger partial charge is 0.340 e. The summed E-state index contributed by atoms with van der Waals surface area (Å²) in [5, 5.41) is 0. The maximum atomic E-state index is 13.2. The average Bonchev–Trinajstić information content (AvgIpc) is 2.79. The molecule has 0 bridgehead atoms. The summed E-state index contributed by atoms with van der Waals surface area (Å²) in [6.45, 7) is 6.98. The van der Waals surface area contributed by atoms with Gasteiger partial charge in [-0.05, 0) is 87.6 Å². The highest BCUT2D eigenvalue weighted by molar-refractivity contribution is 5.81. The molecule has 1 aliphatic heterocycles. The third-order valence-electron chi connectivity index (χ3n) is 5.86. The van der Waals surface area contributed by atoms with Gasteiger partial charge in [0.25, 0.3) is 11.8 Å². The second kappa shape index (κ2) is 18.8. The van der Waals surface area contributed by atoms with Crippen molar-refractivity contribution in [2.45, 2.75) is 51.2 Å². The minimum atomic E-state index is -0.948. The summed E-state index contributed by atoms with van der Waals surface area (Å²) in [4.78, 5) is 57.8. The molecular formula is C25H51N5O6. The van der Waals surface area contributed by atoms with Crippen LogP contribution in [0.3, 0.4) is 0 Å². The Morgan fingerprint density at radius 2 is 0.917 bits per heavy atom. The number of carbonyl (C=O) groups excluding carboxylic acids is 2. The Morgan fingerprint density at radius 1 is 0.583 bits per heavy atom. The first kappa shape index (κ1) is 32.7. The van der Waals surface area contributed by atoms with Crippen LogP contribution in [0.15, 0.2) is 0 Å². The lowest BCUT2D eigenvalue weighted by Crippen LogP contribution is -2.48. The van der Waals surface area contributed by atoms with Crippen molar-refractivity contribution in [1.82, 2.24) is 24.5 Å². The number of hydrogen-bond donors (Lipinski definition) is 0. The fraction of sp³-hybridized carbons (Fsp3) is 0.920. The van der Waals surface area contributed by atoms with E-state index in [9.17, 15) is 9.59 Å². The Labute approximate surface area is 218 Å². The molecule has 0 aromatic rings. The smallest absolute Gasteiger partial charge is 0.257 e. The topological polar surface area (TPSA) is 87.3 Å². The van der Waals surface area contributed by atoms with Gasteiger partial charge in [-0.2, -0.15) is 0 Å². The van der Waals surface area contributed by atoms with Crippen LogP contribution in [-0.4, -0.2) is 150 Å². The molecule has 0 spiro atoms. The van der Waals surface area contributed by atoms with Gasteiger partial charge in [0.05, 0.1) is 0 Å². The molecule has 0 saturated carbocycles. The third-order valence-corrected chi connectivity index (χ3v) is 5.86. The molecule has 1 fully saturated rings. The molecule has 2 unspecified atom stereocenters. The summed E-state index contributed by atoms with van der Waals surface area (Å²) in [5.41, 5.74) is 0. The lowest BCUT2D eigenvalue weighted by Gasteiger charge is -2.31. The lowest BCUT2D eigenvalue weighted by molar-refractivity contribution is -0.412. The Kier molecular flexibility index (Phi) is 17.1. The van der Waals surface area contributed by atoms with Gasteiger partial charge in [-0.3, -0.25) is 9.59 Å². The van der Waals surface area contributed by atoms with Crippen LogP contribution < -0.4 is 0 Å². The summed E-state index contributed by atoms with van der Waals surface area (Å²) < 4.78 is 0. The van der Waals surface area contributed by atoms with E-state index in [-0.39, 0.29) is 25.0 Å². The van der Waals surface area contributed by atoms with Gasteiger partial charge in [-0.15, -0.1) is 0 Å². The van der Waals surface area contributed by atoms with Crippen LogP contribution in [-0.2, 0) is 29.1 Å². The number of rotatable bonds is 17. The predicted octanol–water partition coefficient (Wildman–Crippen LogP) is 0.946. The van der Waals surface area contributed by atoms with Gasteiger partial charge in [0, 0.05) is 26.2 Å². The molecule has 1 heterocycles. The Hall–Kier alpha value is -1.34. The second-order valence-electron chi connectivity index (χ2n) is 10.2. The van der Waals surface area contributed by atoms with E-state index >= 15 is 0 Å². The highest BCUT2D eigenvalue weighted by Gasteiger charge is 2.33. The van der Waals surface area contributed by atoms with Crippen molar-refractivity contribution in [3.05, 3.63) is 0 Å². The average molecular weight is 518 g/mol. The quantitative estimate of drug-likeness (QED) is 0.262. The summed E-state index contributed by atoms with van der Waals surface area (Å²) >= 11 is 0. The van der Waals surface area contributed by atoms with Gasteiger partial charge < -0.3 is 24.5 Å². The zero-order valence-corrected chi connectivity index (χ0v) is 23.7. The van der Waals surface area contributed by atoms with Crippen molar-refractivity contribution in [3.8, 4) is 0 Å². The first-order chi connectivity index (χ1) is 17.1. The number of amides is 2. The first-order valence-electron chi connectivity index (χ1n) is 13.2. The molecule has 11 nitrogen and oxygen atoms in total. The van der Waals surface area contributed by atoms with E-state index in [1.54, 1.807) is 9.80 Å². The molecule has 2 atom stereocenters. The highest BCUT2D eigenvalue weighted by atomic mass is 17.2. The van der Waals surface area contributed by atoms with Crippen LogP contribution >= 0.6 is 0 Å². The summed E-state index contributed by atoms with van der Waals surface area (Å²) in [7, 11) is 12.1. The minimum Gasteiger partial charge on any atom is -0.340 e. The molecule has 1 rings (SSSR count). The van der Waals surface area contributed by atoms with E-state index in [0.29, 0.717) is 26.2 Å². The van der Waals surface area contributed by atoms with Gasteiger partial charge in [0.15, 0.2) is 12.2 Å². The van der Waals surface area contributed by atoms with Gasteiger partial charge >= 0.3 is 0 Å². The zero-order chi connectivity index (χ0) is 26.9. The Morgan fingerprint density at radius 3 is 1.22 bits per heavy atom. The standard InChI is InChI=1S/C25H51N5O6/c1-8-9-16-29(17-10-13-26(2)3)24(31)22-20-33-36-23(21-34-35-22)25(32)30(18-11-14-27(4)5)19-12-15-28(6)7/h22-23H,8-21H2,1-7H3. The molecule has 0 aromatic carbocycles. The van der Waals surface area contributed by atoms with E-state index in [0.717, 1.165) is 51.7 Å². The summed E-state index contributed by atoms with van der Waals surface area (Å²) in [5.74, 6) is -0.390. The molecule has 1 saturated heterocycles. The fourth-order valence-electron chi connectivity index (χ4n) is 3.80. The Balaban J connectivity index is 2.67. The zero-order valence-electron chi connectivity index (χ0n) is 23.7. The molecule has 2 amide bonds. The van der Waals surface area contributed by atoms with Gasteiger partial charge in [-0.25, -0.2) is 19.6 Å². The van der Waals surface area contributed by atoms with Gasteiger partial charge in [0.1, 0.15) is 13.2 Å². The van der Waals surface area contributed by atoms with E-state index < -0.39 is 12.2 Å². The minimum absolute atomic E-state index is 0.139. The highest BCUT2D eigenvalue weighted by Crippen LogP contribution is 2.12. The molecule has 0 radical (unpaired) electrons. The van der Waals surface area contributed by atoms with Gasteiger partial charge in [0.2, 0.25) is 0 Å². The normalized spacial score (nSPS) is 18.9. The summed E-state index contributed by atoms with van der Waals surface area (Å²) in [6.07, 6.45) is 2.58. The van der Waals surface area contributed by atoms with Crippen molar-refractivity contribution in [1.29, 1.82) is 0 Å². The van der Waals surface area contributed by atoms with Crippen LogP contribution in [0.2, 0.25) is 0 Å². The Bertz CT molecular complexity index is 583. The fourth-order valence-corrected chi connectivity index (χ4v) is 3.80. The number of hydrogen-bond acceptors (Lipinski definition) is 9. The van der Waals surface area contributed by atoms with Crippen LogP contribution in [0, 0.1) is 0 Å². The van der Waals surface area contributed by atoms with Crippen LogP contribution in [0.1, 0.15) is 39.0 Å². The van der Waals surface area contributed by atoms with Crippen LogP contribution in [0.5, 0.6) is 0 Å². The molecule has 11 heteroatoms. The predicted molar refractivity (Wildman–Crippen MR) is 139 cm³/mol. The van der Waals surface area contributed by atoms with Crippen molar-refractivity contribution in [2.24, 2.45) is 0 Å². The van der Waals surface area contributed by atoms with Gasteiger partial charge in [-0.1, -0.05) is 13.3 Å². The van der Waals surface area contributed by atoms with Crippen molar-refractivity contribution in [3.63, 3.8) is 0 Å². The monoisotopic (exact) mass is 517 g/mol. The maximum absolute atomic E-state index is 13.2. The molecular weight excluding hydrogens is 466 g/mol. The molecule has 36 heavy (non-hydrogen) atoms.